The smallest absolute Gasteiger partial charge is 0.159 e. The zero-order chi connectivity index (χ0) is 14.7. The first-order chi connectivity index (χ1) is 9.47. The van der Waals surface area contributed by atoms with E-state index >= 15 is 0 Å². The van der Waals surface area contributed by atoms with Gasteiger partial charge < -0.3 is 10.5 Å². The van der Waals surface area contributed by atoms with Crippen molar-refractivity contribution < 1.29 is 13.5 Å². The molecule has 2 rings (SSSR count). The van der Waals surface area contributed by atoms with Gasteiger partial charge in [0.2, 0.25) is 0 Å². The van der Waals surface area contributed by atoms with Gasteiger partial charge in [-0.2, -0.15) is 0 Å². The number of nitrogens with two attached hydrogens (primary N) is 1. The summed E-state index contributed by atoms with van der Waals surface area (Å²) in [6.07, 6.45) is 0. The maximum atomic E-state index is 13.1. The van der Waals surface area contributed by atoms with Crippen LogP contribution in [-0.2, 0) is 6.61 Å². The van der Waals surface area contributed by atoms with Gasteiger partial charge >= 0.3 is 0 Å². The predicted molar refractivity (Wildman–Crippen MR) is 74.5 cm³/mol. The molecule has 1 atom stereocenters. The lowest BCUT2D eigenvalue weighted by Crippen LogP contribution is -2.08. The number of halogens is 2. The van der Waals surface area contributed by atoms with Crippen molar-refractivity contribution in [3.05, 3.63) is 64.7 Å². The Balaban J connectivity index is 2.16. The third kappa shape index (κ3) is 3.33. The van der Waals surface area contributed by atoms with Crippen molar-refractivity contribution in [1.29, 1.82) is 0 Å². The third-order valence-electron chi connectivity index (χ3n) is 3.03. The van der Waals surface area contributed by atoms with Gasteiger partial charge in [-0.25, -0.2) is 8.78 Å². The molecule has 0 aliphatic heterocycles. The van der Waals surface area contributed by atoms with Gasteiger partial charge in [-0.05, 0) is 37.6 Å². The second-order valence-electron chi connectivity index (χ2n) is 4.87. The van der Waals surface area contributed by atoms with E-state index < -0.39 is 11.6 Å². The van der Waals surface area contributed by atoms with Crippen molar-refractivity contribution in [3.63, 3.8) is 0 Å². The SMILES string of the molecule is Cc1ccc(OCc2ccc(F)c(F)c2)c(C(C)N)c1. The quantitative estimate of drug-likeness (QED) is 0.920. The molecule has 0 aliphatic rings. The summed E-state index contributed by atoms with van der Waals surface area (Å²) in [6, 6.07) is 9.30. The van der Waals surface area contributed by atoms with Gasteiger partial charge in [0.05, 0.1) is 0 Å². The van der Waals surface area contributed by atoms with Crippen molar-refractivity contribution >= 4 is 0 Å². The summed E-state index contributed by atoms with van der Waals surface area (Å²) in [5, 5.41) is 0. The van der Waals surface area contributed by atoms with Gasteiger partial charge in [0.1, 0.15) is 12.4 Å². The molecule has 2 aromatic carbocycles. The molecule has 0 amide bonds. The fourth-order valence-electron chi connectivity index (χ4n) is 1.95. The number of hydrogen-bond donors (Lipinski definition) is 1. The van der Waals surface area contributed by atoms with Crippen LogP contribution in [0.3, 0.4) is 0 Å². The van der Waals surface area contributed by atoms with Gasteiger partial charge in [-0.1, -0.05) is 23.8 Å². The van der Waals surface area contributed by atoms with E-state index in [0.717, 1.165) is 23.3 Å². The molecule has 1 unspecified atom stereocenters. The van der Waals surface area contributed by atoms with E-state index in [0.29, 0.717) is 11.3 Å². The van der Waals surface area contributed by atoms with Gasteiger partial charge in [-0.15, -0.1) is 0 Å². The standard InChI is InChI=1S/C16H17F2NO/c1-10-3-6-16(13(7-10)11(2)19)20-9-12-4-5-14(17)15(18)8-12/h3-8,11H,9,19H2,1-2H3. The maximum Gasteiger partial charge on any atom is 0.159 e. The van der Waals surface area contributed by atoms with Crippen molar-refractivity contribution in [2.75, 3.05) is 0 Å². The molecular formula is C16H17F2NO. The fourth-order valence-corrected chi connectivity index (χ4v) is 1.95. The van der Waals surface area contributed by atoms with Crippen molar-refractivity contribution in [2.45, 2.75) is 26.5 Å². The molecule has 0 radical (unpaired) electrons. The molecule has 0 aromatic heterocycles. The lowest BCUT2D eigenvalue weighted by molar-refractivity contribution is 0.300. The molecular weight excluding hydrogens is 260 g/mol. The zero-order valence-corrected chi connectivity index (χ0v) is 11.5. The first-order valence-electron chi connectivity index (χ1n) is 6.40. The molecule has 106 valence electrons. The number of aryl methyl sites for hydroxylation is 1. The van der Waals surface area contributed by atoms with E-state index in [4.69, 9.17) is 10.5 Å². The van der Waals surface area contributed by atoms with E-state index in [9.17, 15) is 8.78 Å². The Labute approximate surface area is 117 Å². The Bertz CT molecular complexity index is 611. The monoisotopic (exact) mass is 277 g/mol. The highest BCUT2D eigenvalue weighted by atomic mass is 19.2. The van der Waals surface area contributed by atoms with Crippen LogP contribution in [0.15, 0.2) is 36.4 Å². The third-order valence-corrected chi connectivity index (χ3v) is 3.03. The number of rotatable bonds is 4. The minimum Gasteiger partial charge on any atom is -0.489 e. The van der Waals surface area contributed by atoms with Crippen LogP contribution in [0.25, 0.3) is 0 Å². The van der Waals surface area contributed by atoms with E-state index in [1.54, 1.807) is 0 Å². The molecule has 0 heterocycles. The lowest BCUT2D eigenvalue weighted by atomic mass is 10.1. The average Bonchev–Trinajstić information content (AvgIpc) is 2.41. The zero-order valence-electron chi connectivity index (χ0n) is 11.5. The minimum atomic E-state index is -0.873. The van der Waals surface area contributed by atoms with E-state index in [2.05, 4.69) is 0 Å². The normalized spacial score (nSPS) is 12.2. The van der Waals surface area contributed by atoms with Crippen LogP contribution in [0, 0.1) is 18.6 Å². The summed E-state index contributed by atoms with van der Waals surface area (Å²) in [5.41, 5.74) is 8.47. The Morgan fingerprint density at radius 2 is 1.85 bits per heavy atom. The summed E-state index contributed by atoms with van der Waals surface area (Å²) >= 11 is 0. The highest BCUT2D eigenvalue weighted by molar-refractivity contribution is 5.39. The highest BCUT2D eigenvalue weighted by Gasteiger charge is 2.09. The molecule has 0 aliphatic carbocycles. The van der Waals surface area contributed by atoms with Crippen molar-refractivity contribution in [1.82, 2.24) is 0 Å². The van der Waals surface area contributed by atoms with Crippen LogP contribution in [0.5, 0.6) is 5.75 Å². The second kappa shape index (κ2) is 6.01. The summed E-state index contributed by atoms with van der Waals surface area (Å²) in [5.74, 6) is -1.07. The van der Waals surface area contributed by atoms with E-state index in [1.807, 2.05) is 32.0 Å². The molecule has 2 aromatic rings. The fraction of sp³-hybridized carbons (Fsp3) is 0.250. The van der Waals surface area contributed by atoms with Crippen LogP contribution >= 0.6 is 0 Å². The topological polar surface area (TPSA) is 35.2 Å². The predicted octanol–water partition coefficient (Wildman–Crippen LogP) is 3.87. The molecule has 2 N–H and O–H groups in total. The van der Waals surface area contributed by atoms with Crippen LogP contribution in [-0.4, -0.2) is 0 Å². The number of benzene rings is 2. The Morgan fingerprint density at radius 1 is 1.10 bits per heavy atom. The molecule has 0 fully saturated rings. The van der Waals surface area contributed by atoms with Gasteiger partial charge in [0.25, 0.3) is 0 Å². The van der Waals surface area contributed by atoms with Gasteiger partial charge in [0.15, 0.2) is 11.6 Å². The number of hydrogen-bond acceptors (Lipinski definition) is 2. The summed E-state index contributed by atoms with van der Waals surface area (Å²) in [4.78, 5) is 0. The lowest BCUT2D eigenvalue weighted by Gasteiger charge is -2.15. The molecule has 0 spiro atoms. The van der Waals surface area contributed by atoms with Crippen LogP contribution in [0.4, 0.5) is 8.78 Å². The summed E-state index contributed by atoms with van der Waals surface area (Å²) in [6.45, 7) is 4.02. The minimum absolute atomic E-state index is 0.158. The average molecular weight is 277 g/mol. The molecule has 4 heteroatoms. The van der Waals surface area contributed by atoms with Crippen LogP contribution < -0.4 is 10.5 Å². The molecule has 0 saturated carbocycles. The summed E-state index contributed by atoms with van der Waals surface area (Å²) < 4.78 is 31.6. The van der Waals surface area contributed by atoms with Gasteiger partial charge in [-0.3, -0.25) is 0 Å². The van der Waals surface area contributed by atoms with Crippen LogP contribution in [0.1, 0.15) is 29.7 Å². The Morgan fingerprint density at radius 3 is 2.50 bits per heavy atom. The Hall–Kier alpha value is -1.94. The van der Waals surface area contributed by atoms with Crippen LogP contribution in [0.2, 0.25) is 0 Å². The first kappa shape index (κ1) is 14.5. The Kier molecular flexibility index (Phi) is 4.35. The van der Waals surface area contributed by atoms with Gasteiger partial charge in [0, 0.05) is 11.6 Å². The molecule has 0 saturated heterocycles. The second-order valence-corrected chi connectivity index (χ2v) is 4.87. The molecule has 0 bridgehead atoms. The van der Waals surface area contributed by atoms with E-state index in [-0.39, 0.29) is 12.6 Å². The van der Waals surface area contributed by atoms with E-state index in [1.165, 1.54) is 6.07 Å². The molecule has 20 heavy (non-hydrogen) atoms. The van der Waals surface area contributed by atoms with Crippen molar-refractivity contribution in [3.8, 4) is 5.75 Å². The summed E-state index contributed by atoms with van der Waals surface area (Å²) in [7, 11) is 0. The van der Waals surface area contributed by atoms with Crippen molar-refractivity contribution in [2.24, 2.45) is 5.73 Å². The maximum absolute atomic E-state index is 13.1. The molecule has 2 nitrogen and oxygen atoms in total. The number of ether oxygens (including phenoxy) is 1. The largest absolute Gasteiger partial charge is 0.489 e. The highest BCUT2D eigenvalue weighted by Crippen LogP contribution is 2.26. The first-order valence-corrected chi connectivity index (χ1v) is 6.40.